The van der Waals surface area contributed by atoms with E-state index >= 15 is 0 Å². The van der Waals surface area contributed by atoms with Crippen LogP contribution in [0.4, 0.5) is 0 Å². The van der Waals surface area contributed by atoms with Crippen LogP contribution in [0.1, 0.15) is 11.1 Å². The third-order valence-electron chi connectivity index (χ3n) is 6.66. The summed E-state index contributed by atoms with van der Waals surface area (Å²) in [6.07, 6.45) is 5.38. The van der Waals surface area contributed by atoms with Crippen molar-refractivity contribution >= 4 is 753 Å². The predicted molar refractivity (Wildman–Crippen MR) is 743 cm³/mol. The van der Waals surface area contributed by atoms with Crippen molar-refractivity contribution in [2.75, 3.05) is 0 Å². The van der Waals surface area contributed by atoms with E-state index in [2.05, 4.69) is 27.6 Å². The molecule has 0 radical (unpaired) electrons. The number of aliphatic hydroxyl groups excluding tert-OH is 2. The van der Waals surface area contributed by atoms with Crippen LogP contribution in [-0.4, -0.2) is 25.2 Å². The number of benzene rings is 2. The first-order valence-corrected chi connectivity index (χ1v) is 132. The van der Waals surface area contributed by atoms with Gasteiger partial charge < -0.3 is 10.2 Å². The molecule has 0 unspecified atom stereocenters. The summed E-state index contributed by atoms with van der Waals surface area (Å²) in [6, 6.07) is 32.9. The van der Waals surface area contributed by atoms with E-state index in [1.165, 1.54) is 17.8 Å². The fraction of sp³-hybridized carbons (Fsp3) is 0.0690. The van der Waals surface area contributed by atoms with Gasteiger partial charge in [-0.15, -0.1) is 12.6 Å². The summed E-state index contributed by atoms with van der Waals surface area (Å²) in [4.78, 5) is 14.7. The van der Waals surface area contributed by atoms with Gasteiger partial charge in [-0.2, -0.15) is 0 Å². The van der Waals surface area contributed by atoms with Gasteiger partial charge in [-0.25, -0.2) is 15.0 Å². The Morgan fingerprint density at radius 2 is 0.350 bits per heavy atom. The maximum Gasteiger partial charge on any atom is 0.107 e. The van der Waals surface area contributed by atoms with Crippen molar-refractivity contribution in [2.24, 2.45) is 0 Å². The highest BCUT2D eigenvalue weighted by molar-refractivity contribution is 8.85. The Morgan fingerprint density at radius 3 is 0.496 bits per heavy atom. The van der Waals surface area contributed by atoms with Gasteiger partial charge in [-0.1, -0.05) is 53.3 Å². The Bertz CT molecular complexity index is 7640. The summed E-state index contributed by atoms with van der Waals surface area (Å²) in [6.45, 7) is 0.201. The molecule has 0 saturated heterocycles. The third kappa shape index (κ3) is 99.3. The Hall–Kier alpha value is 14.7. The molecule has 3 aromatic heterocycles. The van der Waals surface area contributed by atoms with Crippen molar-refractivity contribution in [2.45, 2.75) is 38.1 Å². The molecular formula is C29H27N3O2S83. The lowest BCUT2D eigenvalue weighted by molar-refractivity contribution is 0.281. The zero-order chi connectivity index (χ0) is 83.3. The van der Waals surface area contributed by atoms with E-state index in [1.54, 1.807) is 168 Å². The molecule has 0 saturated carbocycles. The molecule has 0 aliphatic heterocycles. The second-order valence-electron chi connectivity index (χ2n) is 12.6. The predicted octanol–water partition coefficient (Wildman–Crippen LogP) is 7.93. The van der Waals surface area contributed by atoms with Crippen LogP contribution in [0.3, 0.4) is 0 Å². The van der Waals surface area contributed by atoms with Crippen LogP contribution in [0.25, 0.3) is 0 Å². The average molecular weight is 3110 g/mol. The molecule has 5 rings (SSSR count). The minimum absolute atomic E-state index is 0.0956. The van der Waals surface area contributed by atoms with Crippen LogP contribution in [0, 0.1) is 0 Å². The molecule has 0 aliphatic carbocycles. The van der Waals surface area contributed by atoms with Gasteiger partial charge in [0.1, 0.15) is 15.1 Å². The largest absolute Gasteiger partial charge is 0.392 e. The second kappa shape index (κ2) is 111. The van der Waals surface area contributed by atoms with Gasteiger partial charge >= 0.3 is 0 Å². The van der Waals surface area contributed by atoms with E-state index in [4.69, 9.17) is 32.6 Å². The third-order valence-corrected chi connectivity index (χ3v) is 178. The number of pyridine rings is 3. The number of aromatic nitrogens is 3. The monoisotopic (exact) mass is 3100 g/mol. The topological polar surface area (TPSA) is 79.1 Å². The molecule has 88 heteroatoms. The SMILES string of the molecule is OCc1ccc(S)cc1.OCc1ccc(SSc2ccccn2)cc1.S=S=S=S=S=S=S=S=S=S=S=S=S=S=S=S=S=S=S=S=S=S=S=S=S=S=S=S=S=S=S=S=S=S=S=S=S=S=S=S=S=S=S=S=S=S=S=S=S=S=S=S=S=S=S=S=S=S=S=S=S=S=S=S=S=S=S=S=S=S=S=S=S=S=S=S=S=S.c1ccc(SSc2ccccn2)nc1. The first-order chi connectivity index (χ1) is 58.1. The lowest BCUT2D eigenvalue weighted by Gasteiger charge is -2.01. The van der Waals surface area contributed by atoms with Crippen molar-refractivity contribution < 1.29 is 10.2 Å². The summed E-state index contributed by atoms with van der Waals surface area (Å²) in [7, 11) is 144. The van der Waals surface area contributed by atoms with Gasteiger partial charge in [-0.3, -0.25) is 0 Å². The summed E-state index contributed by atoms with van der Waals surface area (Å²) < 4.78 is 0. The minimum atomic E-state index is 0.0956. The highest BCUT2D eigenvalue weighted by atomic mass is 33.6. The molecule has 0 amide bonds. The average Bonchev–Trinajstić information content (AvgIpc) is 0.917. The first kappa shape index (κ1) is 128. The van der Waals surface area contributed by atoms with Crippen LogP contribution < -0.4 is 0 Å². The number of hydrogen-bond donors (Lipinski definition) is 3. The van der Waals surface area contributed by atoms with Gasteiger partial charge in [0.25, 0.3) is 0 Å². The van der Waals surface area contributed by atoms with Crippen LogP contribution in [-0.2, 0) is 711 Å². The van der Waals surface area contributed by atoms with Crippen LogP contribution in [0.2, 0.25) is 0 Å². The van der Waals surface area contributed by atoms with Crippen molar-refractivity contribution in [1.29, 1.82) is 0 Å². The fourth-order valence-electron chi connectivity index (χ4n) is 3.46. The maximum absolute atomic E-state index is 8.91. The van der Waals surface area contributed by atoms with Gasteiger partial charge in [0.15, 0.2) is 0 Å². The molecule has 0 spiro atoms. The Balaban J connectivity index is 0.000000933. The van der Waals surface area contributed by atoms with E-state index in [0.29, 0.717) is 0 Å². The Kier molecular flexibility index (Phi) is 121. The summed E-state index contributed by atoms with van der Waals surface area (Å²) in [5.41, 5.74) is 1.86. The van der Waals surface area contributed by atoms with Gasteiger partial charge in [-0.05, 0) is 104 Å². The Labute approximate surface area is 924 Å². The van der Waals surface area contributed by atoms with Crippen molar-refractivity contribution in [3.8, 4) is 0 Å². The zero-order valence-corrected chi connectivity index (χ0v) is 120. The van der Waals surface area contributed by atoms with E-state index in [0.717, 1.165) is 36.0 Å². The molecule has 5 aromatic rings. The number of hydrogen-bond acceptors (Lipinski definition) is 12. The highest BCUT2D eigenvalue weighted by Gasteiger charge is 1.99. The quantitative estimate of drug-likeness (QED) is 0.105. The smallest absolute Gasteiger partial charge is 0.107 e. The molecule has 0 atom stereocenters. The standard InChI is InChI=1S/C12H11NOS2.C10H8N2S2.C7H8OS.S78/c14-9-10-4-6-11(7-5-10)15-16-12-3-1-2-8-13-12;1-3-7-11-9(5-1)13-14-10-6-2-4-8-12-10;8-5-6-1-3-7(9)4-2-6;1-3-5-7-9-11-13-15-17-19-21-23-25-27-29-31-33-35-37-39-41-43-45-47-49-51-53-55-57-59-61-63-65-67-69-71-73-75-77-78-76-74-72-70-68-66-64-62-60-58-56-54-52-50-48-46-44-42-40-38-36-34-32-30-28-26-24-22-20-18-16-14-12-10-8-6-4-2/h1-8,14H,9H2;1-8H;1-4,8-9H,5H2;. The van der Waals surface area contributed by atoms with Crippen LogP contribution in [0.15, 0.2) is 147 Å². The van der Waals surface area contributed by atoms with E-state index < -0.39 is 0 Å². The van der Waals surface area contributed by atoms with Crippen molar-refractivity contribution in [1.82, 2.24) is 15.0 Å². The maximum atomic E-state index is 8.91. The summed E-state index contributed by atoms with van der Waals surface area (Å²) in [5, 5.41) is 20.5. The molecule has 0 bridgehead atoms. The van der Waals surface area contributed by atoms with E-state index in [-0.39, 0.29) is 13.2 Å². The highest BCUT2D eigenvalue weighted by Crippen LogP contribution is 2.36. The lowest BCUT2D eigenvalue weighted by atomic mass is 10.2. The number of thiol groups is 1. The zero-order valence-electron chi connectivity index (χ0n) is 52.6. The number of rotatable bonds is 8. The Morgan fingerprint density at radius 1 is 0.197 bits per heavy atom. The summed E-state index contributed by atoms with van der Waals surface area (Å²) >= 11 is 13.7. The van der Waals surface area contributed by atoms with Crippen molar-refractivity contribution in [3.63, 3.8) is 0 Å². The van der Waals surface area contributed by atoms with E-state index in [9.17, 15) is 0 Å². The molecule has 2 aromatic carbocycles. The molecular weight excluding hydrogens is 3080 g/mol. The van der Waals surface area contributed by atoms with E-state index in [1.807, 2.05) is 654 Å². The van der Waals surface area contributed by atoms with Gasteiger partial charge in [0.05, 0.1) is 13.2 Å². The lowest BCUT2D eigenvalue weighted by Crippen LogP contribution is -1.80. The summed E-state index contributed by atoms with van der Waals surface area (Å²) in [5.74, 6) is 0. The number of nitrogens with zero attached hydrogens (tertiary/aromatic N) is 3. The van der Waals surface area contributed by atoms with Crippen LogP contribution >= 0.6 is 55.8 Å². The van der Waals surface area contributed by atoms with Crippen LogP contribution in [0.5, 0.6) is 0 Å². The normalized spacial score (nSPS) is 8.57. The van der Waals surface area contributed by atoms with Gasteiger partial charge in [0.2, 0.25) is 0 Å². The molecule has 2 N–H and O–H groups in total. The molecule has 0 fully saturated rings. The van der Waals surface area contributed by atoms with Crippen molar-refractivity contribution in [3.05, 3.63) is 133 Å². The molecule has 3 heterocycles. The molecule has 668 valence electrons. The first-order valence-electron chi connectivity index (χ1n) is 24.5. The van der Waals surface area contributed by atoms with Gasteiger partial charge in [0, 0.05) is 726 Å². The minimum Gasteiger partial charge on any atom is -0.392 e. The molecule has 0 aliphatic rings. The number of aliphatic hydroxyl groups is 2. The molecule has 5 nitrogen and oxygen atoms in total. The molecule has 117 heavy (non-hydrogen) atoms. The second-order valence-corrected chi connectivity index (χ2v) is 152. The fourth-order valence-corrected chi connectivity index (χ4v) is 210.